The predicted octanol–water partition coefficient (Wildman–Crippen LogP) is -1.62. The summed E-state index contributed by atoms with van der Waals surface area (Å²) in [7, 11) is 0. The summed E-state index contributed by atoms with van der Waals surface area (Å²) >= 11 is 0. The number of carbonyl (C=O) groups excluding carboxylic acids is 2. The van der Waals surface area contributed by atoms with E-state index in [1.165, 1.54) is 23.8 Å². The van der Waals surface area contributed by atoms with Gasteiger partial charge in [-0.25, -0.2) is 4.79 Å². The third-order valence-corrected chi connectivity index (χ3v) is 10.3. The van der Waals surface area contributed by atoms with E-state index in [-0.39, 0.29) is 107 Å². The van der Waals surface area contributed by atoms with Crippen LogP contribution in [-0.2, 0) is 23.7 Å². The van der Waals surface area contributed by atoms with Gasteiger partial charge in [0.05, 0.1) is 42.1 Å². The molecule has 0 spiro atoms. The van der Waals surface area contributed by atoms with E-state index >= 15 is 0 Å². The van der Waals surface area contributed by atoms with Crippen molar-refractivity contribution < 1.29 is 84.3 Å². The van der Waals surface area contributed by atoms with Gasteiger partial charge in [0.25, 0.3) is 0 Å². The summed E-state index contributed by atoms with van der Waals surface area (Å²) in [6, 6.07) is 16.6. The molecule has 5 N–H and O–H groups in total. The largest absolute Gasteiger partial charge is 1.00 e. The van der Waals surface area contributed by atoms with Crippen LogP contribution >= 0.6 is 0 Å². The summed E-state index contributed by atoms with van der Waals surface area (Å²) in [6.45, 7) is 10.5. The van der Waals surface area contributed by atoms with Crippen molar-refractivity contribution in [3.63, 3.8) is 0 Å². The molecular formula is C34H44NNaO10. The van der Waals surface area contributed by atoms with Crippen molar-refractivity contribution in [1.82, 2.24) is 0 Å². The van der Waals surface area contributed by atoms with Crippen LogP contribution in [0.25, 0.3) is 0 Å². The topological polar surface area (TPSA) is 181 Å². The first-order chi connectivity index (χ1) is 21.0. The Labute approximate surface area is 291 Å². The summed E-state index contributed by atoms with van der Waals surface area (Å²) < 4.78 is 29.0. The van der Waals surface area contributed by atoms with Gasteiger partial charge in [-0.15, -0.1) is 0 Å². The number of aromatic carboxylic acids is 1. The zero-order valence-corrected chi connectivity index (χ0v) is 29.2. The zero-order chi connectivity index (χ0) is 31.4. The predicted molar refractivity (Wildman–Crippen MR) is 157 cm³/mol. The van der Waals surface area contributed by atoms with Crippen LogP contribution in [0, 0.1) is 23.7 Å². The molecule has 8 aliphatic rings. The SMILES string of the molecule is C[C@@H]([NH3+])c1ccccc1.C[C@@H]1[C@@H]2OC3[C@@H](O)[C@H]1O[C@@H]3[C@H]2C.C[C@@H]1[C@@H]2OC3[C@@H](OC(=O)c4ccccc4C(=O)[O-])[C@H]1O[C@@H]3[C@H]2C.[Na+].[OH-]. The van der Waals surface area contributed by atoms with Gasteiger partial charge in [-0.3, -0.25) is 0 Å². The van der Waals surface area contributed by atoms with E-state index < -0.39 is 18.0 Å². The van der Waals surface area contributed by atoms with E-state index in [0.717, 1.165) is 0 Å². The van der Waals surface area contributed by atoms with Crippen LogP contribution in [0.3, 0.4) is 0 Å². The molecule has 2 aromatic carbocycles. The average Bonchev–Trinajstić information content (AvgIpc) is 3.65. The number of hydrogen-bond donors (Lipinski definition) is 2. The molecule has 8 bridgehead atoms. The zero-order valence-electron chi connectivity index (χ0n) is 27.2. The van der Waals surface area contributed by atoms with Crippen molar-refractivity contribution in [3.05, 3.63) is 71.3 Å². The second-order valence-corrected chi connectivity index (χ2v) is 13.2. The van der Waals surface area contributed by atoms with Crippen molar-refractivity contribution in [1.29, 1.82) is 0 Å². The molecular weight excluding hydrogens is 605 g/mol. The molecule has 12 heteroatoms. The Morgan fingerprint density at radius 3 is 1.72 bits per heavy atom. The number of carboxylic acids is 1. The minimum atomic E-state index is -1.40. The first-order valence-corrected chi connectivity index (χ1v) is 15.7. The molecule has 0 radical (unpaired) electrons. The van der Waals surface area contributed by atoms with Crippen LogP contribution in [-0.4, -0.2) is 83.6 Å². The van der Waals surface area contributed by atoms with Gasteiger partial charge in [-0.1, -0.05) is 76.2 Å². The molecule has 0 aromatic heterocycles. The second kappa shape index (κ2) is 14.7. The summed E-state index contributed by atoms with van der Waals surface area (Å²) in [5.74, 6) is -0.873. The van der Waals surface area contributed by atoms with Crippen molar-refractivity contribution >= 4 is 11.9 Å². The van der Waals surface area contributed by atoms with Gasteiger partial charge < -0.3 is 49.9 Å². The number of ether oxygens (including phenoxy) is 5. The molecule has 15 atom stereocenters. The fraction of sp³-hybridized carbons (Fsp3) is 0.588. The van der Waals surface area contributed by atoms with Gasteiger partial charge >= 0.3 is 35.5 Å². The number of hydrogen-bond acceptors (Lipinski definition) is 10. The molecule has 2 unspecified atom stereocenters. The number of rotatable bonds is 4. The molecule has 46 heavy (non-hydrogen) atoms. The summed E-state index contributed by atoms with van der Waals surface area (Å²) in [4.78, 5) is 23.6. The normalized spacial score (nSPS) is 40.4. The third-order valence-electron chi connectivity index (χ3n) is 10.3. The smallest absolute Gasteiger partial charge is 0.870 e. The molecule has 8 aliphatic heterocycles. The van der Waals surface area contributed by atoms with Crippen LogP contribution in [0.4, 0.5) is 0 Å². The molecule has 2 aromatic rings. The monoisotopic (exact) mass is 649 g/mol. The number of aliphatic hydroxyl groups is 1. The molecule has 8 saturated heterocycles. The van der Waals surface area contributed by atoms with Gasteiger partial charge in [0.2, 0.25) is 0 Å². The first kappa shape index (κ1) is 36.9. The van der Waals surface area contributed by atoms with Gasteiger partial charge in [-0.2, -0.15) is 0 Å². The Morgan fingerprint density at radius 1 is 0.717 bits per heavy atom. The number of quaternary nitrogens is 1. The first-order valence-electron chi connectivity index (χ1n) is 15.7. The Balaban J connectivity index is 0.000000175. The molecule has 0 saturated carbocycles. The number of carbonyl (C=O) groups is 2. The van der Waals surface area contributed by atoms with E-state index in [2.05, 4.69) is 45.6 Å². The van der Waals surface area contributed by atoms with Crippen LogP contribution in [0.15, 0.2) is 54.6 Å². The van der Waals surface area contributed by atoms with E-state index in [1.54, 1.807) is 6.07 Å². The van der Waals surface area contributed by atoms with Crippen LogP contribution in [0.5, 0.6) is 0 Å². The van der Waals surface area contributed by atoms with E-state index in [4.69, 9.17) is 23.7 Å². The quantitative estimate of drug-likeness (QED) is 0.289. The Bertz CT molecular complexity index is 1330. The fourth-order valence-corrected chi connectivity index (χ4v) is 7.95. The van der Waals surface area contributed by atoms with Crippen molar-refractivity contribution in [2.75, 3.05) is 0 Å². The average molecular weight is 650 g/mol. The third kappa shape index (κ3) is 6.44. The number of benzene rings is 2. The Hall–Kier alpha value is -1.90. The number of carboxylic acid groups (broad SMARTS) is 1. The maximum Gasteiger partial charge on any atom is 1.00 e. The van der Waals surface area contributed by atoms with Gasteiger partial charge in [0.15, 0.2) is 6.10 Å². The molecule has 8 heterocycles. The molecule has 11 nitrogen and oxygen atoms in total. The number of esters is 1. The molecule has 8 fully saturated rings. The molecule has 0 amide bonds. The summed E-state index contributed by atoms with van der Waals surface area (Å²) in [5, 5.41) is 20.9. The Morgan fingerprint density at radius 2 is 1.17 bits per heavy atom. The van der Waals surface area contributed by atoms with Crippen LogP contribution < -0.4 is 40.4 Å². The van der Waals surface area contributed by atoms with Crippen molar-refractivity contribution in [2.45, 2.75) is 102 Å². The Kier molecular flexibility index (Phi) is 11.8. The maximum atomic E-state index is 12.4. The van der Waals surface area contributed by atoms with Crippen LogP contribution in [0.2, 0.25) is 0 Å². The summed E-state index contributed by atoms with van der Waals surface area (Å²) in [5.41, 5.74) is 5.03. The molecule has 10 rings (SSSR count). The van der Waals surface area contributed by atoms with Crippen molar-refractivity contribution in [2.24, 2.45) is 23.7 Å². The fourth-order valence-electron chi connectivity index (χ4n) is 7.95. The standard InChI is InChI=1S/C17H18O6.C9H14O3.C8H11N.Na.H2O/c1-7-11-8(2)13-15(14(21-11)12(7)22-13)23-17(20)10-6-4-3-5-9(10)16(18)19;1-3-6-4(2)8-9(11-6)5(10)7(3)12-8;1-7(9)8-5-3-2-4-6-8;;/h3-8,11-15H,1-2H3,(H,18,19);3-10H,1-2H3;2-7H,9H2,1H3;;1H2/q;;;+1;/p-1/t7-,8+,11+,12+,13-,14?,15-;3-,4+,5+,6+,7+,8-,9?;7-;;/m011../s1. The number of aliphatic hydroxyl groups excluding tert-OH is 1. The molecule has 0 aliphatic carbocycles. The minimum absolute atomic E-state index is 0. The molecule has 246 valence electrons. The van der Waals surface area contributed by atoms with Crippen molar-refractivity contribution in [3.8, 4) is 0 Å². The van der Waals surface area contributed by atoms with Gasteiger partial charge in [0, 0.05) is 34.8 Å². The van der Waals surface area contributed by atoms with E-state index in [0.29, 0.717) is 24.0 Å². The maximum absolute atomic E-state index is 12.4. The minimum Gasteiger partial charge on any atom is -0.870 e. The van der Waals surface area contributed by atoms with Crippen LogP contribution in [0.1, 0.15) is 66.9 Å². The summed E-state index contributed by atoms with van der Waals surface area (Å²) in [6.07, 6.45) is -0.793. The van der Waals surface area contributed by atoms with Gasteiger partial charge in [-0.05, 0) is 13.0 Å². The second-order valence-electron chi connectivity index (χ2n) is 13.2. The van der Waals surface area contributed by atoms with E-state index in [9.17, 15) is 19.8 Å². The van der Waals surface area contributed by atoms with Gasteiger partial charge in [0.1, 0.15) is 30.5 Å². The van der Waals surface area contributed by atoms with E-state index in [1.807, 2.05) is 25.1 Å².